The lowest BCUT2D eigenvalue weighted by Crippen LogP contribution is -2.49. The molecule has 1 aromatic heterocycles. The molecule has 1 fully saturated rings. The minimum atomic E-state index is -0.0927. The molecule has 1 aliphatic rings. The quantitative estimate of drug-likeness (QED) is 0.798. The van der Waals surface area contributed by atoms with Gasteiger partial charge in [-0.3, -0.25) is 4.79 Å². The molecule has 1 saturated heterocycles. The Bertz CT molecular complexity index is 440. The van der Waals surface area contributed by atoms with Crippen LogP contribution in [0.3, 0.4) is 0 Å². The van der Waals surface area contributed by atoms with Crippen molar-refractivity contribution in [1.29, 1.82) is 0 Å². The van der Waals surface area contributed by atoms with Crippen molar-refractivity contribution >= 4 is 29.0 Å². The van der Waals surface area contributed by atoms with Crippen LogP contribution in [0, 0.1) is 0 Å². The number of aromatic nitrogens is 2. The fraction of sp³-hybridized carbons (Fsp3) is 0.750. The molecule has 2 rings (SSSR count). The van der Waals surface area contributed by atoms with E-state index < -0.39 is 0 Å². The van der Waals surface area contributed by atoms with Crippen LogP contribution in [0.15, 0.2) is 0 Å². The summed E-state index contributed by atoms with van der Waals surface area (Å²) in [6.07, 6.45) is 1.66. The number of aryl methyl sites for hydroxylation is 1. The van der Waals surface area contributed by atoms with Crippen LogP contribution >= 0.6 is 23.1 Å². The first-order chi connectivity index (χ1) is 9.15. The minimum Gasteiger partial charge on any atom is -0.370 e. The Morgan fingerprint density at radius 3 is 3.05 bits per heavy atom. The summed E-state index contributed by atoms with van der Waals surface area (Å²) < 4.78 is 9.56. The summed E-state index contributed by atoms with van der Waals surface area (Å²) in [5, 5.41) is 4.04. The van der Waals surface area contributed by atoms with Gasteiger partial charge >= 0.3 is 0 Å². The van der Waals surface area contributed by atoms with Gasteiger partial charge in [0.25, 0.3) is 5.91 Å². The monoisotopic (exact) mass is 303 g/mol. The predicted molar refractivity (Wildman–Crippen MR) is 74.9 cm³/mol. The zero-order valence-electron chi connectivity index (χ0n) is 11.1. The molecular weight excluding hydrogens is 286 g/mol. The minimum absolute atomic E-state index is 0.00344. The normalized spacial score (nSPS) is 23.6. The third-order valence-electron chi connectivity index (χ3n) is 3.02. The lowest BCUT2D eigenvalue weighted by atomic mass is 10.2. The summed E-state index contributed by atoms with van der Waals surface area (Å²) in [4.78, 5) is 15.0. The number of halogens is 1. The number of ether oxygens (including phenoxy) is 1. The maximum atomic E-state index is 12.5. The fourth-order valence-corrected chi connectivity index (χ4v) is 3.06. The van der Waals surface area contributed by atoms with E-state index in [9.17, 15) is 4.79 Å². The highest BCUT2D eigenvalue weighted by Gasteiger charge is 2.30. The average molecular weight is 304 g/mol. The highest BCUT2D eigenvalue weighted by atomic mass is 35.5. The van der Waals surface area contributed by atoms with Crippen molar-refractivity contribution in [3.05, 3.63) is 10.6 Å². The lowest BCUT2D eigenvalue weighted by molar-refractivity contribution is -0.0569. The molecule has 1 aliphatic heterocycles. The first kappa shape index (κ1) is 14.7. The van der Waals surface area contributed by atoms with Gasteiger partial charge in [0.15, 0.2) is 0 Å². The third-order valence-corrected chi connectivity index (χ3v) is 4.12. The largest absolute Gasteiger partial charge is 0.370 e. The molecule has 2 atom stereocenters. The van der Waals surface area contributed by atoms with Crippen molar-refractivity contribution in [3.8, 4) is 0 Å². The van der Waals surface area contributed by atoms with Crippen LogP contribution < -0.4 is 0 Å². The molecule has 19 heavy (non-hydrogen) atoms. The second kappa shape index (κ2) is 6.63. The van der Waals surface area contributed by atoms with Gasteiger partial charge in [0.1, 0.15) is 4.88 Å². The SMILES string of the molecule is CCCc1nnsc1C(=O)N1CC(C)OC(CCl)C1. The molecule has 2 heterocycles. The van der Waals surface area contributed by atoms with Crippen LogP contribution in [-0.2, 0) is 11.2 Å². The van der Waals surface area contributed by atoms with E-state index in [1.165, 1.54) is 11.5 Å². The first-order valence-electron chi connectivity index (χ1n) is 6.47. The molecule has 7 heteroatoms. The molecule has 0 saturated carbocycles. The van der Waals surface area contributed by atoms with Gasteiger partial charge in [-0.2, -0.15) is 0 Å². The maximum Gasteiger partial charge on any atom is 0.267 e. The number of rotatable bonds is 4. The van der Waals surface area contributed by atoms with Gasteiger partial charge in [-0.25, -0.2) is 0 Å². The summed E-state index contributed by atoms with van der Waals surface area (Å²) in [6.45, 7) is 5.15. The molecule has 1 amide bonds. The van der Waals surface area contributed by atoms with Gasteiger partial charge in [-0.1, -0.05) is 17.8 Å². The van der Waals surface area contributed by atoms with Crippen molar-refractivity contribution < 1.29 is 9.53 Å². The van der Waals surface area contributed by atoms with E-state index in [-0.39, 0.29) is 18.1 Å². The van der Waals surface area contributed by atoms with E-state index in [2.05, 4.69) is 16.5 Å². The highest BCUT2D eigenvalue weighted by Crippen LogP contribution is 2.19. The molecule has 0 bridgehead atoms. The smallest absolute Gasteiger partial charge is 0.267 e. The second-order valence-electron chi connectivity index (χ2n) is 4.73. The Morgan fingerprint density at radius 1 is 1.58 bits per heavy atom. The van der Waals surface area contributed by atoms with Crippen molar-refractivity contribution in [3.63, 3.8) is 0 Å². The molecule has 2 unspecified atom stereocenters. The van der Waals surface area contributed by atoms with E-state index in [4.69, 9.17) is 16.3 Å². The standard InChI is InChI=1S/C12H18ClN3O2S/c1-3-4-10-11(19-15-14-10)12(17)16-6-8(2)18-9(5-13)7-16/h8-9H,3-7H2,1-2H3. The second-order valence-corrected chi connectivity index (χ2v) is 5.79. The fourth-order valence-electron chi connectivity index (χ4n) is 2.21. The van der Waals surface area contributed by atoms with E-state index in [0.717, 1.165) is 18.5 Å². The van der Waals surface area contributed by atoms with E-state index in [1.807, 2.05) is 6.92 Å². The number of morpholine rings is 1. The third kappa shape index (κ3) is 3.43. The molecule has 1 aromatic rings. The molecule has 0 N–H and O–H groups in total. The van der Waals surface area contributed by atoms with Gasteiger partial charge in [0.2, 0.25) is 0 Å². The van der Waals surface area contributed by atoms with Crippen LogP contribution in [0.2, 0.25) is 0 Å². The van der Waals surface area contributed by atoms with Crippen molar-refractivity contribution in [2.45, 2.75) is 38.9 Å². The molecule has 0 aliphatic carbocycles. The van der Waals surface area contributed by atoms with Crippen LogP contribution in [0.25, 0.3) is 0 Å². The van der Waals surface area contributed by atoms with Gasteiger partial charge in [-0.15, -0.1) is 16.7 Å². The average Bonchev–Trinajstić information content (AvgIpc) is 2.85. The molecular formula is C12H18ClN3O2S. The predicted octanol–water partition coefficient (Wildman–Crippen LogP) is 1.96. The number of hydrogen-bond acceptors (Lipinski definition) is 5. The molecule has 5 nitrogen and oxygen atoms in total. The summed E-state index contributed by atoms with van der Waals surface area (Å²) in [5.74, 6) is 0.403. The van der Waals surface area contributed by atoms with E-state index in [1.54, 1.807) is 4.90 Å². The lowest BCUT2D eigenvalue weighted by Gasteiger charge is -2.35. The number of nitrogens with zero attached hydrogens (tertiary/aromatic N) is 3. The van der Waals surface area contributed by atoms with E-state index in [0.29, 0.717) is 23.8 Å². The zero-order valence-corrected chi connectivity index (χ0v) is 12.7. The summed E-state index contributed by atoms with van der Waals surface area (Å²) in [5.41, 5.74) is 0.805. The first-order valence-corrected chi connectivity index (χ1v) is 7.78. The molecule has 0 aromatic carbocycles. The molecule has 106 valence electrons. The van der Waals surface area contributed by atoms with Gasteiger partial charge in [-0.05, 0) is 24.9 Å². The van der Waals surface area contributed by atoms with E-state index >= 15 is 0 Å². The van der Waals surface area contributed by atoms with Gasteiger partial charge < -0.3 is 9.64 Å². The van der Waals surface area contributed by atoms with Crippen LogP contribution in [0.5, 0.6) is 0 Å². The zero-order chi connectivity index (χ0) is 13.8. The summed E-state index contributed by atoms with van der Waals surface area (Å²) >= 11 is 7.01. The maximum absolute atomic E-state index is 12.5. The Kier molecular flexibility index (Phi) is 5.13. The molecule has 0 radical (unpaired) electrons. The van der Waals surface area contributed by atoms with Gasteiger partial charge in [0, 0.05) is 13.1 Å². The summed E-state index contributed by atoms with van der Waals surface area (Å²) in [7, 11) is 0. The Balaban J connectivity index is 2.11. The Hall–Kier alpha value is -0.720. The number of amides is 1. The number of carbonyl (C=O) groups is 1. The Morgan fingerprint density at radius 2 is 2.37 bits per heavy atom. The van der Waals surface area contributed by atoms with Crippen molar-refractivity contribution in [2.75, 3.05) is 19.0 Å². The topological polar surface area (TPSA) is 55.3 Å². The summed E-state index contributed by atoms with van der Waals surface area (Å²) in [6, 6.07) is 0. The number of carbonyl (C=O) groups excluding carboxylic acids is 1. The van der Waals surface area contributed by atoms with Crippen LogP contribution in [0.1, 0.15) is 35.6 Å². The highest BCUT2D eigenvalue weighted by molar-refractivity contribution is 7.08. The van der Waals surface area contributed by atoms with Crippen molar-refractivity contribution in [2.24, 2.45) is 0 Å². The van der Waals surface area contributed by atoms with Crippen LogP contribution in [0.4, 0.5) is 0 Å². The number of hydrogen-bond donors (Lipinski definition) is 0. The van der Waals surface area contributed by atoms with Crippen molar-refractivity contribution in [1.82, 2.24) is 14.5 Å². The Labute approximate surface area is 122 Å². The van der Waals surface area contributed by atoms with Crippen LogP contribution in [-0.4, -0.2) is 51.6 Å². The number of alkyl halides is 1. The van der Waals surface area contributed by atoms with Gasteiger partial charge in [0.05, 0.1) is 23.8 Å². The molecule has 0 spiro atoms.